The first kappa shape index (κ1) is 23.0. The molecule has 0 bridgehead atoms. The molecule has 0 heterocycles. The number of rotatable bonds is 10. The van der Waals surface area contributed by atoms with E-state index in [-0.39, 0.29) is 29.9 Å². The van der Waals surface area contributed by atoms with E-state index in [1.54, 1.807) is 43.3 Å². The van der Waals surface area contributed by atoms with Gasteiger partial charge in [-0.25, -0.2) is 10.2 Å². The number of hydrogen-bond donors (Lipinski definition) is 1. The maximum absolute atomic E-state index is 12.2. The van der Waals surface area contributed by atoms with Crippen LogP contribution in [0.25, 0.3) is 0 Å². The number of carbonyl (C=O) groups is 2. The largest absolute Gasteiger partial charge is 0.494 e. The lowest BCUT2D eigenvalue weighted by atomic mass is 10.2. The van der Waals surface area contributed by atoms with Crippen molar-refractivity contribution in [2.45, 2.75) is 13.8 Å². The molecule has 0 aromatic heterocycles. The smallest absolute Gasteiger partial charge is 0.344 e. The molecule has 1 N–H and O–H groups in total. The summed E-state index contributed by atoms with van der Waals surface area (Å²) in [6.45, 7) is 4.10. The summed E-state index contributed by atoms with van der Waals surface area (Å²) in [7, 11) is 1.44. The molecule has 0 radical (unpaired) electrons. The molecule has 30 heavy (non-hydrogen) atoms. The summed E-state index contributed by atoms with van der Waals surface area (Å²) < 4.78 is 20.8. The Labute approximate surface area is 179 Å². The van der Waals surface area contributed by atoms with Gasteiger partial charge in [0.25, 0.3) is 5.91 Å². The van der Waals surface area contributed by atoms with Crippen molar-refractivity contribution in [3.05, 3.63) is 52.5 Å². The SMILES string of the molecule is CCOC(=O)COc1c(Cl)cc(/C=N\NC(=O)c2ccc(OCC)cc2)cc1OC. The predicted molar refractivity (Wildman–Crippen MR) is 113 cm³/mol. The van der Waals surface area contributed by atoms with Crippen LogP contribution in [-0.4, -0.2) is 45.0 Å². The molecule has 0 aliphatic carbocycles. The van der Waals surface area contributed by atoms with E-state index in [2.05, 4.69) is 10.5 Å². The molecule has 2 aromatic rings. The summed E-state index contributed by atoms with van der Waals surface area (Å²) in [6.07, 6.45) is 1.41. The number of carbonyl (C=O) groups excluding carboxylic acids is 2. The van der Waals surface area contributed by atoms with Gasteiger partial charge in [0.2, 0.25) is 0 Å². The highest BCUT2D eigenvalue weighted by Gasteiger charge is 2.14. The highest BCUT2D eigenvalue weighted by atomic mass is 35.5. The molecule has 2 aromatic carbocycles. The van der Waals surface area contributed by atoms with Crippen molar-refractivity contribution in [3.63, 3.8) is 0 Å². The fourth-order valence-corrected chi connectivity index (χ4v) is 2.66. The van der Waals surface area contributed by atoms with Crippen LogP contribution in [0.4, 0.5) is 0 Å². The topological polar surface area (TPSA) is 95.5 Å². The van der Waals surface area contributed by atoms with E-state index < -0.39 is 5.97 Å². The zero-order valence-corrected chi connectivity index (χ0v) is 17.7. The van der Waals surface area contributed by atoms with Crippen molar-refractivity contribution in [1.29, 1.82) is 0 Å². The lowest BCUT2D eigenvalue weighted by molar-refractivity contribution is -0.145. The fourth-order valence-electron chi connectivity index (χ4n) is 2.39. The van der Waals surface area contributed by atoms with Crippen molar-refractivity contribution in [1.82, 2.24) is 5.43 Å². The molecule has 8 nitrogen and oxygen atoms in total. The quantitative estimate of drug-likeness (QED) is 0.349. The van der Waals surface area contributed by atoms with E-state index in [1.807, 2.05) is 6.92 Å². The van der Waals surface area contributed by atoms with Gasteiger partial charge in [0.1, 0.15) is 5.75 Å². The molecular weight excluding hydrogens is 412 g/mol. The second-order valence-electron chi connectivity index (χ2n) is 5.78. The van der Waals surface area contributed by atoms with Gasteiger partial charge in [0.15, 0.2) is 18.1 Å². The maximum Gasteiger partial charge on any atom is 0.344 e. The van der Waals surface area contributed by atoms with Crippen LogP contribution in [0.2, 0.25) is 5.02 Å². The van der Waals surface area contributed by atoms with E-state index in [9.17, 15) is 9.59 Å². The molecule has 0 unspecified atom stereocenters. The lowest BCUT2D eigenvalue weighted by Gasteiger charge is -2.12. The van der Waals surface area contributed by atoms with Gasteiger partial charge >= 0.3 is 5.97 Å². The van der Waals surface area contributed by atoms with E-state index in [0.29, 0.717) is 29.2 Å². The lowest BCUT2D eigenvalue weighted by Crippen LogP contribution is -2.17. The van der Waals surface area contributed by atoms with Crippen molar-refractivity contribution in [3.8, 4) is 17.2 Å². The zero-order valence-electron chi connectivity index (χ0n) is 16.9. The third kappa shape index (κ3) is 6.66. The minimum atomic E-state index is -0.515. The van der Waals surface area contributed by atoms with Crippen LogP contribution in [0, 0.1) is 0 Å². The molecule has 0 atom stereocenters. The number of esters is 1. The summed E-state index contributed by atoms with van der Waals surface area (Å²) in [5.74, 6) is 0.318. The van der Waals surface area contributed by atoms with Crippen molar-refractivity contribution in [2.24, 2.45) is 5.10 Å². The normalized spacial score (nSPS) is 10.5. The van der Waals surface area contributed by atoms with Crippen LogP contribution in [0.3, 0.4) is 0 Å². The van der Waals surface area contributed by atoms with E-state index >= 15 is 0 Å². The average molecular weight is 435 g/mol. The first-order valence-corrected chi connectivity index (χ1v) is 9.58. The summed E-state index contributed by atoms with van der Waals surface area (Å²) in [4.78, 5) is 23.6. The molecule has 1 amide bonds. The Hall–Kier alpha value is -3.26. The number of hydrogen-bond acceptors (Lipinski definition) is 7. The van der Waals surface area contributed by atoms with Crippen molar-refractivity contribution in [2.75, 3.05) is 26.9 Å². The number of halogens is 1. The molecule has 0 spiro atoms. The maximum atomic E-state index is 12.2. The van der Waals surface area contributed by atoms with Gasteiger partial charge in [-0.1, -0.05) is 11.6 Å². The molecule has 0 aliphatic heterocycles. The number of hydrazone groups is 1. The Balaban J connectivity index is 2.03. The highest BCUT2D eigenvalue weighted by molar-refractivity contribution is 6.32. The Kier molecular flexibility index (Phi) is 8.96. The van der Waals surface area contributed by atoms with E-state index in [1.165, 1.54) is 13.3 Å². The number of amides is 1. The number of nitrogens with zero attached hydrogens (tertiary/aromatic N) is 1. The predicted octanol–water partition coefficient (Wildman–Crippen LogP) is 3.45. The molecule has 160 valence electrons. The van der Waals surface area contributed by atoms with Gasteiger partial charge in [0.05, 0.1) is 31.6 Å². The molecule has 0 aliphatic rings. The van der Waals surface area contributed by atoms with Gasteiger partial charge in [-0.15, -0.1) is 0 Å². The van der Waals surface area contributed by atoms with Crippen LogP contribution in [0.15, 0.2) is 41.5 Å². The van der Waals surface area contributed by atoms with Crippen molar-refractivity contribution < 1.29 is 28.5 Å². The fraction of sp³-hybridized carbons (Fsp3) is 0.286. The molecular formula is C21H23ClN2O6. The van der Waals surface area contributed by atoms with Gasteiger partial charge in [0, 0.05) is 5.56 Å². The van der Waals surface area contributed by atoms with Crippen LogP contribution >= 0.6 is 11.6 Å². The number of methoxy groups -OCH3 is 1. The van der Waals surface area contributed by atoms with E-state index in [0.717, 1.165) is 0 Å². The molecule has 0 saturated carbocycles. The highest BCUT2D eigenvalue weighted by Crippen LogP contribution is 2.36. The van der Waals surface area contributed by atoms with Gasteiger partial charge in [-0.05, 0) is 55.8 Å². The summed E-state index contributed by atoms with van der Waals surface area (Å²) >= 11 is 6.23. The minimum absolute atomic E-state index is 0.211. The third-order valence-corrected chi connectivity index (χ3v) is 3.98. The standard InChI is InChI=1S/C21H23ClN2O6/c1-4-28-16-8-6-15(7-9-16)21(26)24-23-12-14-10-17(22)20(18(11-14)27-3)30-13-19(25)29-5-2/h6-12H,4-5,13H2,1-3H3,(H,24,26)/b23-12-. The van der Waals surface area contributed by atoms with Gasteiger partial charge in [-0.3, -0.25) is 4.79 Å². The Morgan fingerprint density at radius 1 is 1.10 bits per heavy atom. The molecule has 0 fully saturated rings. The molecule has 9 heteroatoms. The second kappa shape index (κ2) is 11.7. The Morgan fingerprint density at radius 2 is 1.83 bits per heavy atom. The van der Waals surface area contributed by atoms with Crippen LogP contribution in [0.1, 0.15) is 29.8 Å². The first-order chi connectivity index (χ1) is 14.5. The zero-order chi connectivity index (χ0) is 21.9. The Bertz CT molecular complexity index is 899. The number of benzene rings is 2. The van der Waals surface area contributed by atoms with Crippen molar-refractivity contribution >= 4 is 29.7 Å². The summed E-state index contributed by atoms with van der Waals surface area (Å²) in [6, 6.07) is 9.89. The number of ether oxygens (including phenoxy) is 4. The monoisotopic (exact) mass is 434 g/mol. The average Bonchev–Trinajstić information content (AvgIpc) is 2.73. The van der Waals surface area contributed by atoms with Crippen LogP contribution in [0.5, 0.6) is 17.2 Å². The minimum Gasteiger partial charge on any atom is -0.494 e. The second-order valence-corrected chi connectivity index (χ2v) is 6.19. The van der Waals surface area contributed by atoms with E-state index in [4.69, 9.17) is 30.5 Å². The summed E-state index contributed by atoms with van der Waals surface area (Å²) in [5.41, 5.74) is 3.44. The number of nitrogens with one attached hydrogen (secondary N) is 1. The first-order valence-electron chi connectivity index (χ1n) is 9.20. The third-order valence-electron chi connectivity index (χ3n) is 3.70. The summed E-state index contributed by atoms with van der Waals surface area (Å²) in [5, 5.41) is 4.16. The molecule has 0 saturated heterocycles. The molecule has 2 rings (SSSR count). The van der Waals surface area contributed by atoms with Crippen LogP contribution in [-0.2, 0) is 9.53 Å². The van der Waals surface area contributed by atoms with Gasteiger partial charge in [-0.2, -0.15) is 5.10 Å². The Morgan fingerprint density at radius 3 is 2.47 bits per heavy atom. The van der Waals surface area contributed by atoms with Crippen LogP contribution < -0.4 is 19.6 Å². The van der Waals surface area contributed by atoms with Gasteiger partial charge < -0.3 is 18.9 Å².